The predicted octanol–water partition coefficient (Wildman–Crippen LogP) is 3.89. The molecule has 1 aromatic rings. The average molecular weight is 547 g/mol. The Hall–Kier alpha value is -2.06. The molecule has 35 heavy (non-hydrogen) atoms. The maximum absolute atomic E-state index is 13.6. The zero-order valence-electron chi connectivity index (χ0n) is 20.1. The number of Topliss-reactive ketones (excluding diaryl/α,β-unsaturated/α-hetero) is 2. The Morgan fingerprint density at radius 3 is 2.49 bits per heavy atom. The summed E-state index contributed by atoms with van der Waals surface area (Å²) in [7, 11) is 0. The zero-order valence-corrected chi connectivity index (χ0v) is 21.6. The van der Waals surface area contributed by atoms with E-state index in [0.717, 1.165) is 4.47 Å². The molecule has 1 aromatic carbocycles. The molecule has 188 valence electrons. The molecular formula is C27H31BrO7. The van der Waals surface area contributed by atoms with Crippen molar-refractivity contribution in [1.82, 2.24) is 0 Å². The summed E-state index contributed by atoms with van der Waals surface area (Å²) in [6.07, 6.45) is 2.62. The molecule has 2 saturated carbocycles. The highest BCUT2D eigenvalue weighted by molar-refractivity contribution is 9.10. The highest BCUT2D eigenvalue weighted by Crippen LogP contribution is 2.66. The van der Waals surface area contributed by atoms with Crippen molar-refractivity contribution in [3.63, 3.8) is 0 Å². The summed E-state index contributed by atoms with van der Waals surface area (Å²) in [6.45, 7) is 3.97. The van der Waals surface area contributed by atoms with Crippen LogP contribution in [0.5, 0.6) is 0 Å². The number of rotatable bonds is 5. The van der Waals surface area contributed by atoms with Crippen LogP contribution in [-0.2, 0) is 23.9 Å². The fraction of sp³-hybridized carbons (Fsp3) is 0.630. The molecule has 4 aliphatic rings. The molecular weight excluding hydrogens is 516 g/mol. The van der Waals surface area contributed by atoms with Crippen LogP contribution < -0.4 is 0 Å². The highest BCUT2D eigenvalue weighted by atomic mass is 79.9. The van der Waals surface area contributed by atoms with Crippen molar-refractivity contribution in [3.05, 3.63) is 34.3 Å². The minimum Gasteiger partial charge on any atom is -0.465 e. The van der Waals surface area contributed by atoms with E-state index in [4.69, 9.17) is 9.47 Å². The lowest BCUT2D eigenvalue weighted by atomic mass is 9.41. The van der Waals surface area contributed by atoms with Crippen LogP contribution in [0.1, 0.15) is 62.7 Å². The molecule has 5 rings (SSSR count). The molecule has 8 heteroatoms. The van der Waals surface area contributed by atoms with Crippen LogP contribution in [0.25, 0.3) is 0 Å². The molecule has 0 radical (unpaired) electrons. The number of hydrogen-bond acceptors (Lipinski definition) is 7. The fourth-order valence-electron chi connectivity index (χ4n) is 7.45. The SMILES string of the molecule is C[C@@]1(O)C(=O)C[C@@]23COC(=O)[C@H]2[C@@H](C(=O)c2ccc(Br)cc2)CC[C@H]3[C@@]1(C)CC[C@@H]1COC(=O)C1. The molecule has 1 spiro atoms. The van der Waals surface area contributed by atoms with Crippen molar-refractivity contribution in [2.24, 2.45) is 34.5 Å². The lowest BCUT2D eigenvalue weighted by molar-refractivity contribution is -0.200. The molecule has 2 aliphatic carbocycles. The average Bonchev–Trinajstić information content (AvgIpc) is 3.39. The Morgan fingerprint density at radius 2 is 1.83 bits per heavy atom. The Morgan fingerprint density at radius 1 is 1.11 bits per heavy atom. The first-order chi connectivity index (χ1) is 16.5. The van der Waals surface area contributed by atoms with Gasteiger partial charge in [-0.15, -0.1) is 0 Å². The van der Waals surface area contributed by atoms with Gasteiger partial charge in [0.2, 0.25) is 0 Å². The number of halogens is 1. The van der Waals surface area contributed by atoms with Gasteiger partial charge in [-0.25, -0.2) is 0 Å². The molecule has 7 nitrogen and oxygen atoms in total. The van der Waals surface area contributed by atoms with Gasteiger partial charge >= 0.3 is 11.9 Å². The van der Waals surface area contributed by atoms with Crippen molar-refractivity contribution < 1.29 is 33.8 Å². The van der Waals surface area contributed by atoms with Crippen LogP contribution >= 0.6 is 15.9 Å². The normalized spacial score (nSPS) is 40.6. The van der Waals surface area contributed by atoms with Crippen molar-refractivity contribution in [2.75, 3.05) is 13.2 Å². The van der Waals surface area contributed by atoms with Gasteiger partial charge in [-0.3, -0.25) is 19.2 Å². The van der Waals surface area contributed by atoms with E-state index in [1.165, 1.54) is 0 Å². The summed E-state index contributed by atoms with van der Waals surface area (Å²) < 4.78 is 11.6. The summed E-state index contributed by atoms with van der Waals surface area (Å²) in [6, 6.07) is 7.10. The molecule has 2 heterocycles. The van der Waals surface area contributed by atoms with Crippen molar-refractivity contribution in [2.45, 2.75) is 58.0 Å². The van der Waals surface area contributed by atoms with E-state index in [-0.39, 0.29) is 42.4 Å². The Labute approximate surface area is 213 Å². The molecule has 0 amide bonds. The van der Waals surface area contributed by atoms with Gasteiger partial charge in [0.05, 0.1) is 25.6 Å². The molecule has 4 fully saturated rings. The van der Waals surface area contributed by atoms with Crippen molar-refractivity contribution >= 4 is 39.4 Å². The Kier molecular flexibility index (Phi) is 5.99. The van der Waals surface area contributed by atoms with Gasteiger partial charge in [-0.1, -0.05) is 35.0 Å². The number of carbonyl (C=O) groups is 4. The Bertz CT molecular complexity index is 1080. The molecule has 2 saturated heterocycles. The molecule has 0 unspecified atom stereocenters. The van der Waals surface area contributed by atoms with Gasteiger partial charge in [-0.05, 0) is 50.7 Å². The first kappa shape index (κ1) is 24.6. The zero-order chi connectivity index (χ0) is 25.2. The van der Waals surface area contributed by atoms with Crippen molar-refractivity contribution in [1.29, 1.82) is 0 Å². The predicted molar refractivity (Wildman–Crippen MR) is 128 cm³/mol. The molecule has 0 bridgehead atoms. The third kappa shape index (κ3) is 3.70. The summed E-state index contributed by atoms with van der Waals surface area (Å²) in [5.41, 5.74) is -2.69. The summed E-state index contributed by atoms with van der Waals surface area (Å²) in [5, 5.41) is 11.5. The molecule has 7 atom stereocenters. The van der Waals surface area contributed by atoms with Crippen LogP contribution in [-0.4, -0.2) is 47.4 Å². The highest BCUT2D eigenvalue weighted by Gasteiger charge is 2.72. The lowest BCUT2D eigenvalue weighted by Crippen LogP contribution is -2.67. The second kappa shape index (κ2) is 8.51. The quantitative estimate of drug-likeness (QED) is 0.440. The standard InChI is InChI=1S/C27H31BrO7/c1-25(10-9-15-11-21(30)34-13-15)19-8-7-18(23(31)16-3-5-17(28)6-4-16)22-24(32)35-14-27(19,22)12-20(29)26(25,2)33/h3-6,15,18-19,22,33H,7-14H2,1-2H3/t15-,18-,19-,22+,25+,26+,27-/m0/s1. The first-order valence-corrected chi connectivity index (χ1v) is 13.2. The van der Waals surface area contributed by atoms with E-state index in [2.05, 4.69) is 15.9 Å². The van der Waals surface area contributed by atoms with Gasteiger partial charge < -0.3 is 14.6 Å². The van der Waals surface area contributed by atoms with Crippen LogP contribution in [0.2, 0.25) is 0 Å². The monoisotopic (exact) mass is 546 g/mol. The number of carbonyl (C=O) groups excluding carboxylic acids is 4. The van der Waals surface area contributed by atoms with Crippen LogP contribution in [0.15, 0.2) is 28.7 Å². The topological polar surface area (TPSA) is 107 Å². The lowest BCUT2D eigenvalue weighted by Gasteiger charge is -2.61. The number of cyclic esters (lactones) is 2. The summed E-state index contributed by atoms with van der Waals surface area (Å²) in [4.78, 5) is 51.8. The van der Waals surface area contributed by atoms with E-state index in [1.54, 1.807) is 31.2 Å². The van der Waals surface area contributed by atoms with E-state index >= 15 is 0 Å². The molecule has 2 aliphatic heterocycles. The van der Waals surface area contributed by atoms with E-state index in [0.29, 0.717) is 44.3 Å². The largest absolute Gasteiger partial charge is 0.465 e. The van der Waals surface area contributed by atoms with Crippen LogP contribution in [0.4, 0.5) is 0 Å². The second-order valence-corrected chi connectivity index (χ2v) is 12.2. The number of benzene rings is 1. The van der Waals surface area contributed by atoms with Crippen LogP contribution in [0, 0.1) is 34.5 Å². The van der Waals surface area contributed by atoms with Crippen molar-refractivity contribution in [3.8, 4) is 0 Å². The van der Waals surface area contributed by atoms with Gasteiger partial charge in [0.25, 0.3) is 0 Å². The second-order valence-electron chi connectivity index (χ2n) is 11.3. The van der Waals surface area contributed by atoms with Gasteiger partial charge in [0.15, 0.2) is 11.6 Å². The smallest absolute Gasteiger partial charge is 0.310 e. The maximum atomic E-state index is 13.6. The minimum absolute atomic E-state index is 0.0196. The number of hydrogen-bond donors (Lipinski definition) is 1. The third-order valence-corrected chi connectivity index (χ3v) is 10.1. The summed E-state index contributed by atoms with van der Waals surface area (Å²) in [5.74, 6) is -2.46. The van der Waals surface area contributed by atoms with E-state index < -0.39 is 34.2 Å². The van der Waals surface area contributed by atoms with Gasteiger partial charge in [-0.2, -0.15) is 0 Å². The van der Waals surface area contributed by atoms with E-state index in [1.807, 2.05) is 6.92 Å². The minimum atomic E-state index is -1.58. The third-order valence-electron chi connectivity index (χ3n) is 9.61. The summed E-state index contributed by atoms with van der Waals surface area (Å²) >= 11 is 3.39. The molecule has 0 aromatic heterocycles. The van der Waals surface area contributed by atoms with Gasteiger partial charge in [0.1, 0.15) is 5.60 Å². The number of aliphatic hydroxyl groups is 1. The number of esters is 2. The number of ketones is 2. The molecule has 1 N–H and O–H groups in total. The van der Waals surface area contributed by atoms with Gasteiger partial charge in [0, 0.05) is 39.1 Å². The van der Waals surface area contributed by atoms with E-state index in [9.17, 15) is 24.3 Å². The first-order valence-electron chi connectivity index (χ1n) is 12.4. The van der Waals surface area contributed by atoms with Crippen LogP contribution in [0.3, 0.4) is 0 Å². The number of ether oxygens (including phenoxy) is 2. The fourth-order valence-corrected chi connectivity index (χ4v) is 7.71. The maximum Gasteiger partial charge on any atom is 0.310 e. The Balaban J connectivity index is 1.49.